The van der Waals surface area contributed by atoms with E-state index in [1.165, 1.54) is 0 Å². The molecular formula is C14H23NO2. The van der Waals surface area contributed by atoms with E-state index < -0.39 is 0 Å². The monoisotopic (exact) mass is 237 g/mol. The van der Waals surface area contributed by atoms with Crippen molar-refractivity contribution >= 4 is 0 Å². The Morgan fingerprint density at radius 3 is 2.82 bits per heavy atom. The summed E-state index contributed by atoms with van der Waals surface area (Å²) >= 11 is 0. The summed E-state index contributed by atoms with van der Waals surface area (Å²) in [6, 6.07) is 8.09. The van der Waals surface area contributed by atoms with E-state index in [2.05, 4.69) is 12.2 Å². The molecule has 17 heavy (non-hydrogen) atoms. The Balaban J connectivity index is 2.60. The molecule has 3 heteroatoms. The van der Waals surface area contributed by atoms with Crippen LogP contribution in [0.3, 0.4) is 0 Å². The van der Waals surface area contributed by atoms with Crippen molar-refractivity contribution in [3.63, 3.8) is 0 Å². The predicted molar refractivity (Wildman–Crippen MR) is 70.4 cm³/mol. The number of nitrogens with one attached hydrogen (secondary N) is 1. The van der Waals surface area contributed by atoms with Gasteiger partial charge in [0.1, 0.15) is 11.9 Å². The van der Waals surface area contributed by atoms with E-state index in [9.17, 15) is 0 Å². The fraction of sp³-hybridized carbons (Fsp3) is 0.571. The molecule has 0 bridgehead atoms. The lowest BCUT2D eigenvalue weighted by molar-refractivity contribution is 0.179. The van der Waals surface area contributed by atoms with Gasteiger partial charge in [-0.15, -0.1) is 0 Å². The molecule has 1 unspecified atom stereocenters. The first kappa shape index (κ1) is 14.0. The van der Waals surface area contributed by atoms with Gasteiger partial charge >= 0.3 is 0 Å². The van der Waals surface area contributed by atoms with Gasteiger partial charge in [-0.2, -0.15) is 0 Å². The SMILES string of the molecule is CCCC(CNC)Oc1cccc(COC)c1. The molecule has 0 saturated carbocycles. The highest BCUT2D eigenvalue weighted by molar-refractivity contribution is 5.28. The van der Waals surface area contributed by atoms with E-state index in [4.69, 9.17) is 9.47 Å². The number of hydrogen-bond donors (Lipinski definition) is 1. The van der Waals surface area contributed by atoms with Crippen LogP contribution in [0.15, 0.2) is 24.3 Å². The van der Waals surface area contributed by atoms with Gasteiger partial charge < -0.3 is 14.8 Å². The maximum atomic E-state index is 5.96. The third-order valence-corrected chi connectivity index (χ3v) is 2.55. The van der Waals surface area contributed by atoms with Crippen LogP contribution in [0.2, 0.25) is 0 Å². The zero-order valence-electron chi connectivity index (χ0n) is 11.0. The van der Waals surface area contributed by atoms with Crippen LogP contribution in [0.1, 0.15) is 25.3 Å². The summed E-state index contributed by atoms with van der Waals surface area (Å²) in [7, 11) is 3.65. The normalized spacial score (nSPS) is 12.4. The van der Waals surface area contributed by atoms with E-state index in [1.807, 2.05) is 31.3 Å². The van der Waals surface area contributed by atoms with Gasteiger partial charge in [0, 0.05) is 13.7 Å². The first-order valence-corrected chi connectivity index (χ1v) is 6.19. The lowest BCUT2D eigenvalue weighted by Gasteiger charge is -2.18. The maximum Gasteiger partial charge on any atom is 0.120 e. The van der Waals surface area contributed by atoms with Crippen molar-refractivity contribution in [2.75, 3.05) is 20.7 Å². The summed E-state index contributed by atoms with van der Waals surface area (Å²) in [5, 5.41) is 3.16. The average molecular weight is 237 g/mol. The van der Waals surface area contributed by atoms with Crippen molar-refractivity contribution in [3.8, 4) is 5.75 Å². The van der Waals surface area contributed by atoms with Crippen molar-refractivity contribution in [1.29, 1.82) is 0 Å². The molecule has 0 spiro atoms. The minimum absolute atomic E-state index is 0.239. The Labute approximate surface area is 104 Å². The molecule has 96 valence electrons. The lowest BCUT2D eigenvalue weighted by atomic mass is 10.2. The van der Waals surface area contributed by atoms with Crippen LogP contribution in [0.4, 0.5) is 0 Å². The second-order valence-electron chi connectivity index (χ2n) is 4.17. The molecule has 1 N–H and O–H groups in total. The molecule has 0 radical (unpaired) electrons. The van der Waals surface area contributed by atoms with Crippen molar-refractivity contribution < 1.29 is 9.47 Å². The van der Waals surface area contributed by atoms with E-state index >= 15 is 0 Å². The molecule has 0 aliphatic rings. The standard InChI is InChI=1S/C14H23NO2/c1-4-6-14(10-15-2)17-13-8-5-7-12(9-13)11-16-3/h5,7-9,14-15H,4,6,10-11H2,1-3H3. The molecule has 0 aromatic heterocycles. The third kappa shape index (κ3) is 5.20. The average Bonchev–Trinajstić information content (AvgIpc) is 2.30. The molecule has 0 aliphatic carbocycles. The van der Waals surface area contributed by atoms with Crippen molar-refractivity contribution in [2.45, 2.75) is 32.5 Å². The summed E-state index contributed by atoms with van der Waals surface area (Å²) < 4.78 is 11.1. The quantitative estimate of drug-likeness (QED) is 0.754. The van der Waals surface area contributed by atoms with Gasteiger partial charge in [-0.3, -0.25) is 0 Å². The van der Waals surface area contributed by atoms with Gasteiger partial charge in [-0.25, -0.2) is 0 Å². The Morgan fingerprint density at radius 1 is 1.35 bits per heavy atom. The first-order chi connectivity index (χ1) is 8.30. The Morgan fingerprint density at radius 2 is 2.18 bits per heavy atom. The fourth-order valence-electron chi connectivity index (χ4n) is 1.82. The van der Waals surface area contributed by atoms with Crippen molar-refractivity contribution in [2.24, 2.45) is 0 Å². The van der Waals surface area contributed by atoms with Crippen LogP contribution >= 0.6 is 0 Å². The van der Waals surface area contributed by atoms with Crippen LogP contribution in [0.5, 0.6) is 5.75 Å². The number of hydrogen-bond acceptors (Lipinski definition) is 3. The molecule has 0 heterocycles. The first-order valence-electron chi connectivity index (χ1n) is 6.19. The van der Waals surface area contributed by atoms with E-state index in [0.29, 0.717) is 6.61 Å². The summed E-state index contributed by atoms with van der Waals surface area (Å²) in [4.78, 5) is 0. The second-order valence-corrected chi connectivity index (χ2v) is 4.17. The highest BCUT2D eigenvalue weighted by atomic mass is 16.5. The molecule has 3 nitrogen and oxygen atoms in total. The number of likely N-dealkylation sites (N-methyl/N-ethyl adjacent to an activating group) is 1. The summed E-state index contributed by atoms with van der Waals surface area (Å²) in [6.07, 6.45) is 2.43. The van der Waals surface area contributed by atoms with Crippen LogP contribution in [0.25, 0.3) is 0 Å². The van der Waals surface area contributed by atoms with Crippen LogP contribution in [0, 0.1) is 0 Å². The Hall–Kier alpha value is -1.06. The van der Waals surface area contributed by atoms with Gasteiger partial charge in [0.05, 0.1) is 6.61 Å². The van der Waals surface area contributed by atoms with Crippen LogP contribution in [-0.2, 0) is 11.3 Å². The van der Waals surface area contributed by atoms with Crippen LogP contribution < -0.4 is 10.1 Å². The van der Waals surface area contributed by atoms with Gasteiger partial charge in [0.2, 0.25) is 0 Å². The molecule has 1 atom stereocenters. The zero-order chi connectivity index (χ0) is 12.5. The molecule has 0 fully saturated rings. The topological polar surface area (TPSA) is 30.5 Å². The minimum atomic E-state index is 0.239. The molecule has 0 amide bonds. The summed E-state index contributed by atoms with van der Waals surface area (Å²) in [5.74, 6) is 0.924. The maximum absolute atomic E-state index is 5.96. The number of ether oxygens (including phenoxy) is 2. The van der Waals surface area contributed by atoms with E-state index in [-0.39, 0.29) is 6.10 Å². The minimum Gasteiger partial charge on any atom is -0.489 e. The fourth-order valence-corrected chi connectivity index (χ4v) is 1.82. The molecule has 1 aromatic rings. The van der Waals surface area contributed by atoms with Gasteiger partial charge in [0.15, 0.2) is 0 Å². The number of methoxy groups -OCH3 is 1. The summed E-state index contributed by atoms with van der Waals surface area (Å²) in [5.41, 5.74) is 1.14. The molecular weight excluding hydrogens is 214 g/mol. The van der Waals surface area contributed by atoms with Crippen molar-refractivity contribution in [3.05, 3.63) is 29.8 Å². The largest absolute Gasteiger partial charge is 0.489 e. The summed E-state index contributed by atoms with van der Waals surface area (Å²) in [6.45, 7) is 3.68. The van der Waals surface area contributed by atoms with Crippen LogP contribution in [-0.4, -0.2) is 26.8 Å². The highest BCUT2D eigenvalue weighted by Gasteiger charge is 2.08. The molecule has 1 aromatic carbocycles. The molecule has 0 aliphatic heterocycles. The molecule has 1 rings (SSSR count). The van der Waals surface area contributed by atoms with Gasteiger partial charge in [0.25, 0.3) is 0 Å². The zero-order valence-corrected chi connectivity index (χ0v) is 11.0. The second kappa shape index (κ2) is 8.09. The predicted octanol–water partition coefficient (Wildman–Crippen LogP) is 2.60. The van der Waals surface area contributed by atoms with Gasteiger partial charge in [-0.05, 0) is 31.2 Å². The lowest BCUT2D eigenvalue weighted by Crippen LogP contribution is -2.29. The smallest absolute Gasteiger partial charge is 0.120 e. The van der Waals surface area contributed by atoms with E-state index in [1.54, 1.807) is 7.11 Å². The highest BCUT2D eigenvalue weighted by Crippen LogP contribution is 2.16. The Kier molecular flexibility index (Phi) is 6.67. The number of benzene rings is 1. The molecule has 0 saturated heterocycles. The Bertz CT molecular complexity index is 309. The van der Waals surface area contributed by atoms with Gasteiger partial charge in [-0.1, -0.05) is 25.5 Å². The number of rotatable bonds is 8. The third-order valence-electron chi connectivity index (χ3n) is 2.55. The van der Waals surface area contributed by atoms with Crippen molar-refractivity contribution in [1.82, 2.24) is 5.32 Å². The van der Waals surface area contributed by atoms with E-state index in [0.717, 1.165) is 30.7 Å².